The Morgan fingerprint density at radius 2 is 2.03 bits per heavy atom. The first-order chi connectivity index (χ1) is 18.1. The molecule has 2 N–H and O–H groups in total. The predicted molar refractivity (Wildman–Crippen MR) is 142 cm³/mol. The number of rotatable bonds is 8. The summed E-state index contributed by atoms with van der Waals surface area (Å²) in [5.41, 5.74) is 1.48. The van der Waals surface area contributed by atoms with Crippen molar-refractivity contribution in [2.45, 2.75) is 50.4 Å². The Morgan fingerprint density at radius 1 is 1.24 bits per heavy atom. The Labute approximate surface area is 221 Å². The van der Waals surface area contributed by atoms with Crippen LogP contribution in [0.1, 0.15) is 44.1 Å². The third-order valence-electron chi connectivity index (χ3n) is 7.83. The normalized spacial score (nSPS) is 25.1. The Bertz CT molecular complexity index is 1100. The molecule has 1 spiro atoms. The number of hydrogen-bond acceptors (Lipinski definition) is 7. The number of ether oxygens (including phenoxy) is 2. The molecule has 5 rings (SSSR count). The molecule has 1 aromatic heterocycles. The second-order valence-electron chi connectivity index (χ2n) is 9.84. The third-order valence-corrected chi connectivity index (χ3v) is 8.53. The van der Waals surface area contributed by atoms with Crippen LogP contribution >= 0.6 is 11.3 Å². The van der Waals surface area contributed by atoms with E-state index in [2.05, 4.69) is 21.7 Å². The van der Waals surface area contributed by atoms with E-state index < -0.39 is 11.8 Å². The molecule has 3 aliphatic rings. The van der Waals surface area contributed by atoms with E-state index in [9.17, 15) is 14.7 Å². The highest BCUT2D eigenvalue weighted by molar-refractivity contribution is 7.08. The van der Waals surface area contributed by atoms with Crippen molar-refractivity contribution in [3.8, 4) is 0 Å². The van der Waals surface area contributed by atoms with Gasteiger partial charge in [-0.25, -0.2) is 0 Å². The smallest absolute Gasteiger partial charge is 0.288 e. The van der Waals surface area contributed by atoms with Gasteiger partial charge >= 0.3 is 0 Å². The highest BCUT2D eigenvalue weighted by Crippen LogP contribution is 2.41. The van der Waals surface area contributed by atoms with Crippen LogP contribution in [0.5, 0.6) is 0 Å². The molecule has 8 nitrogen and oxygen atoms in total. The molecule has 9 heteroatoms. The standard InChI is InChI=1S/C28H35N3O5S/c1-2-35-26-22(9-6-15-32)23(20-10-16-37-18-20)17-24(36-26)25(33)30-13-11-28(12-14-30)27(34)29-19-31(28)21-7-4-3-5-8-21/h3-5,7-8,10,16-18,22-23,26,32H,2,6,9,11-15,19H2,1H3,(H,29,34). The number of piperidine rings is 1. The van der Waals surface area contributed by atoms with Crippen molar-refractivity contribution in [1.29, 1.82) is 0 Å². The Morgan fingerprint density at radius 3 is 2.70 bits per heavy atom. The summed E-state index contributed by atoms with van der Waals surface area (Å²) in [5, 5.41) is 16.6. The van der Waals surface area contributed by atoms with Crippen LogP contribution in [-0.4, -0.2) is 66.6 Å². The van der Waals surface area contributed by atoms with Gasteiger partial charge in [0.25, 0.3) is 5.91 Å². The number of allylic oxidation sites excluding steroid dienone is 1. The minimum atomic E-state index is -0.650. The van der Waals surface area contributed by atoms with Crippen LogP contribution in [0.4, 0.5) is 5.69 Å². The molecule has 2 amide bonds. The highest BCUT2D eigenvalue weighted by Gasteiger charge is 2.51. The van der Waals surface area contributed by atoms with Crippen molar-refractivity contribution in [2.75, 3.05) is 37.9 Å². The first-order valence-electron chi connectivity index (χ1n) is 13.1. The molecular weight excluding hydrogens is 490 g/mol. The number of carbonyl (C=O) groups excluding carboxylic acids is 2. The Balaban J connectivity index is 1.35. The molecule has 0 aliphatic carbocycles. The molecule has 3 atom stereocenters. The average molecular weight is 526 g/mol. The van der Waals surface area contributed by atoms with E-state index >= 15 is 0 Å². The maximum atomic E-state index is 13.7. The lowest BCUT2D eigenvalue weighted by Crippen LogP contribution is -2.57. The van der Waals surface area contributed by atoms with Crippen LogP contribution < -0.4 is 10.2 Å². The SMILES string of the molecule is CCOC1OC(C(=O)N2CCC3(CC2)C(=O)NCN3c2ccccc2)=CC(c2ccsc2)C1CCCO. The molecule has 2 fully saturated rings. The number of aliphatic hydroxyl groups excluding tert-OH is 1. The predicted octanol–water partition coefficient (Wildman–Crippen LogP) is 3.45. The van der Waals surface area contributed by atoms with Crippen LogP contribution in [0.25, 0.3) is 0 Å². The lowest BCUT2D eigenvalue weighted by Gasteiger charge is -2.44. The fourth-order valence-corrected chi connectivity index (χ4v) is 6.58. The number of nitrogens with one attached hydrogen (secondary N) is 1. The van der Waals surface area contributed by atoms with Gasteiger partial charge in [0.2, 0.25) is 12.2 Å². The van der Waals surface area contributed by atoms with Crippen molar-refractivity contribution in [3.05, 3.63) is 64.6 Å². The summed E-state index contributed by atoms with van der Waals surface area (Å²) in [6.07, 6.45) is 3.85. The van der Waals surface area contributed by atoms with E-state index in [1.165, 1.54) is 0 Å². The first kappa shape index (κ1) is 25.8. The average Bonchev–Trinajstić information content (AvgIpc) is 3.57. The zero-order valence-corrected chi connectivity index (χ0v) is 22.0. The summed E-state index contributed by atoms with van der Waals surface area (Å²) in [6, 6.07) is 12.0. The van der Waals surface area contributed by atoms with Gasteiger partial charge in [-0.3, -0.25) is 9.59 Å². The number of nitrogens with zero attached hydrogens (tertiary/aromatic N) is 2. The van der Waals surface area contributed by atoms with E-state index in [-0.39, 0.29) is 30.3 Å². The van der Waals surface area contributed by atoms with Gasteiger partial charge < -0.3 is 29.7 Å². The topological polar surface area (TPSA) is 91.3 Å². The summed E-state index contributed by atoms with van der Waals surface area (Å²) < 4.78 is 12.2. The fraction of sp³-hybridized carbons (Fsp3) is 0.500. The van der Waals surface area contributed by atoms with Crippen LogP contribution in [0.2, 0.25) is 0 Å². The van der Waals surface area contributed by atoms with E-state index in [4.69, 9.17) is 9.47 Å². The van der Waals surface area contributed by atoms with Gasteiger partial charge in [0.1, 0.15) is 5.54 Å². The van der Waals surface area contributed by atoms with E-state index in [0.717, 1.165) is 17.7 Å². The van der Waals surface area contributed by atoms with E-state index in [1.54, 1.807) is 16.2 Å². The molecule has 0 saturated carbocycles. The van der Waals surface area contributed by atoms with Crippen molar-refractivity contribution >= 4 is 28.8 Å². The number of thiophene rings is 1. The van der Waals surface area contributed by atoms with E-state index in [0.29, 0.717) is 51.4 Å². The van der Waals surface area contributed by atoms with Crippen molar-refractivity contribution in [3.63, 3.8) is 0 Å². The van der Waals surface area contributed by atoms with Crippen LogP contribution in [0, 0.1) is 5.92 Å². The zero-order chi connectivity index (χ0) is 25.8. The van der Waals surface area contributed by atoms with Gasteiger partial charge in [-0.15, -0.1) is 0 Å². The second-order valence-corrected chi connectivity index (χ2v) is 10.6. The number of aliphatic hydroxyl groups is 1. The lowest BCUT2D eigenvalue weighted by molar-refractivity contribution is -0.171. The van der Waals surface area contributed by atoms with Crippen LogP contribution in [-0.2, 0) is 19.1 Å². The van der Waals surface area contributed by atoms with Gasteiger partial charge in [0, 0.05) is 43.8 Å². The summed E-state index contributed by atoms with van der Waals surface area (Å²) in [5.74, 6) is 0.140. The molecule has 2 saturated heterocycles. The maximum absolute atomic E-state index is 13.7. The largest absolute Gasteiger partial charge is 0.459 e. The summed E-state index contributed by atoms with van der Waals surface area (Å²) in [4.78, 5) is 30.6. The van der Waals surface area contributed by atoms with Gasteiger partial charge in [-0.2, -0.15) is 11.3 Å². The van der Waals surface area contributed by atoms with Crippen LogP contribution in [0.15, 0.2) is 59.0 Å². The first-order valence-corrected chi connectivity index (χ1v) is 14.0. The van der Waals surface area contributed by atoms with Crippen molar-refractivity contribution < 1.29 is 24.2 Å². The number of likely N-dealkylation sites (tertiary alicyclic amines) is 1. The molecule has 198 valence electrons. The number of carbonyl (C=O) groups is 2. The molecule has 1 aromatic carbocycles. The summed E-state index contributed by atoms with van der Waals surface area (Å²) in [7, 11) is 0. The monoisotopic (exact) mass is 525 g/mol. The number of hydrogen-bond donors (Lipinski definition) is 2. The van der Waals surface area contributed by atoms with E-state index in [1.807, 2.05) is 48.7 Å². The zero-order valence-electron chi connectivity index (χ0n) is 21.2. The van der Waals surface area contributed by atoms with Crippen molar-refractivity contribution in [1.82, 2.24) is 10.2 Å². The van der Waals surface area contributed by atoms with Gasteiger partial charge in [0.15, 0.2) is 5.76 Å². The second kappa shape index (κ2) is 11.2. The number of para-hydroxylation sites is 1. The Kier molecular flexibility index (Phi) is 7.83. The number of anilines is 1. The maximum Gasteiger partial charge on any atom is 0.288 e. The molecule has 37 heavy (non-hydrogen) atoms. The van der Waals surface area contributed by atoms with Gasteiger partial charge in [-0.1, -0.05) is 18.2 Å². The molecular formula is C28H35N3O5S. The van der Waals surface area contributed by atoms with Gasteiger partial charge in [0.05, 0.1) is 6.67 Å². The third kappa shape index (κ3) is 5.00. The molecule has 0 bridgehead atoms. The molecule has 0 radical (unpaired) electrons. The number of amides is 2. The highest BCUT2D eigenvalue weighted by atomic mass is 32.1. The minimum Gasteiger partial charge on any atom is -0.459 e. The lowest BCUT2D eigenvalue weighted by atomic mass is 9.81. The summed E-state index contributed by atoms with van der Waals surface area (Å²) in [6.45, 7) is 3.89. The minimum absolute atomic E-state index is 0.00416. The summed E-state index contributed by atoms with van der Waals surface area (Å²) >= 11 is 1.62. The van der Waals surface area contributed by atoms with Crippen molar-refractivity contribution in [2.24, 2.45) is 5.92 Å². The fourth-order valence-electron chi connectivity index (χ4n) is 5.87. The Hall–Kier alpha value is -2.88. The van der Waals surface area contributed by atoms with Crippen LogP contribution in [0.3, 0.4) is 0 Å². The molecule has 3 aliphatic heterocycles. The quantitative estimate of drug-likeness (QED) is 0.549. The number of benzene rings is 1. The molecule has 3 unspecified atom stereocenters. The molecule has 4 heterocycles. The van der Waals surface area contributed by atoms with Gasteiger partial charge in [-0.05, 0) is 73.2 Å². The molecule has 2 aromatic rings.